The Balaban J connectivity index is 1.59. The molecule has 0 saturated heterocycles. The topological polar surface area (TPSA) is 72.9 Å². The second-order valence-corrected chi connectivity index (χ2v) is 5.25. The molecule has 3 rings (SSSR count). The SMILES string of the molecule is COc1ccc(COC(=O)CN2C(=O)c3ccccc3C2=O)cc1. The van der Waals surface area contributed by atoms with Gasteiger partial charge in [0.25, 0.3) is 11.8 Å². The van der Waals surface area contributed by atoms with Crippen LogP contribution in [0.5, 0.6) is 5.75 Å². The van der Waals surface area contributed by atoms with Crippen LogP contribution in [0, 0.1) is 0 Å². The maximum Gasteiger partial charge on any atom is 0.326 e. The van der Waals surface area contributed by atoms with E-state index in [1.807, 2.05) is 0 Å². The number of amides is 2. The van der Waals surface area contributed by atoms with E-state index in [-0.39, 0.29) is 6.61 Å². The summed E-state index contributed by atoms with van der Waals surface area (Å²) in [5, 5.41) is 0. The van der Waals surface area contributed by atoms with Gasteiger partial charge in [-0.15, -0.1) is 0 Å². The van der Waals surface area contributed by atoms with Gasteiger partial charge < -0.3 is 9.47 Å². The standard InChI is InChI=1S/C18H15NO5/c1-23-13-8-6-12(7-9-13)11-24-16(20)10-19-17(21)14-4-2-3-5-15(14)18(19)22/h2-9H,10-11H2,1H3. The second-order valence-electron chi connectivity index (χ2n) is 5.25. The maximum atomic E-state index is 12.2. The lowest BCUT2D eigenvalue weighted by molar-refractivity contribution is -0.145. The van der Waals surface area contributed by atoms with E-state index in [4.69, 9.17) is 9.47 Å². The van der Waals surface area contributed by atoms with Gasteiger partial charge in [0, 0.05) is 0 Å². The number of carbonyl (C=O) groups excluding carboxylic acids is 3. The third-order valence-corrected chi connectivity index (χ3v) is 3.72. The van der Waals surface area contributed by atoms with Crippen LogP contribution in [0.3, 0.4) is 0 Å². The zero-order valence-corrected chi connectivity index (χ0v) is 13.0. The highest BCUT2D eigenvalue weighted by Gasteiger charge is 2.36. The van der Waals surface area contributed by atoms with Crippen molar-refractivity contribution in [2.75, 3.05) is 13.7 Å². The average molecular weight is 325 g/mol. The van der Waals surface area contributed by atoms with E-state index < -0.39 is 24.3 Å². The van der Waals surface area contributed by atoms with Gasteiger partial charge in [-0.05, 0) is 29.8 Å². The van der Waals surface area contributed by atoms with Crippen LogP contribution in [0.1, 0.15) is 26.3 Å². The molecule has 2 aromatic carbocycles. The minimum Gasteiger partial charge on any atom is -0.497 e. The van der Waals surface area contributed by atoms with E-state index in [1.165, 1.54) is 0 Å². The van der Waals surface area contributed by atoms with E-state index in [2.05, 4.69) is 0 Å². The number of rotatable bonds is 5. The number of hydrogen-bond acceptors (Lipinski definition) is 5. The number of carbonyl (C=O) groups is 3. The van der Waals surface area contributed by atoms with Crippen LogP contribution >= 0.6 is 0 Å². The van der Waals surface area contributed by atoms with Crippen molar-refractivity contribution in [3.05, 3.63) is 65.2 Å². The predicted molar refractivity (Wildman–Crippen MR) is 84.6 cm³/mol. The molecule has 1 aliphatic rings. The molecule has 1 aliphatic heterocycles. The molecule has 2 aromatic rings. The quantitative estimate of drug-likeness (QED) is 0.621. The van der Waals surface area contributed by atoms with Gasteiger partial charge >= 0.3 is 5.97 Å². The van der Waals surface area contributed by atoms with Crippen LogP contribution in [0.25, 0.3) is 0 Å². The Morgan fingerprint density at radius 3 is 2.08 bits per heavy atom. The first-order chi connectivity index (χ1) is 11.6. The van der Waals surface area contributed by atoms with E-state index in [1.54, 1.807) is 55.6 Å². The van der Waals surface area contributed by atoms with Crippen LogP contribution in [0.15, 0.2) is 48.5 Å². The van der Waals surface area contributed by atoms with Gasteiger partial charge in [0.05, 0.1) is 18.2 Å². The number of hydrogen-bond donors (Lipinski definition) is 0. The summed E-state index contributed by atoms with van der Waals surface area (Å²) in [5.41, 5.74) is 1.41. The first-order valence-electron chi connectivity index (χ1n) is 7.34. The zero-order valence-electron chi connectivity index (χ0n) is 13.0. The molecule has 0 N–H and O–H groups in total. The van der Waals surface area contributed by atoms with E-state index in [0.717, 1.165) is 10.5 Å². The van der Waals surface area contributed by atoms with Gasteiger partial charge in [0.15, 0.2) is 0 Å². The number of ether oxygens (including phenoxy) is 2. The molecule has 0 saturated carbocycles. The molecule has 0 fully saturated rings. The van der Waals surface area contributed by atoms with Crippen LogP contribution < -0.4 is 4.74 Å². The predicted octanol–water partition coefficient (Wildman–Crippen LogP) is 2.03. The number of imide groups is 1. The van der Waals surface area contributed by atoms with Crippen molar-refractivity contribution in [1.29, 1.82) is 0 Å². The van der Waals surface area contributed by atoms with Crippen molar-refractivity contribution in [2.45, 2.75) is 6.61 Å². The van der Waals surface area contributed by atoms with Crippen LogP contribution in [-0.4, -0.2) is 36.3 Å². The van der Waals surface area contributed by atoms with Crippen molar-refractivity contribution in [3.8, 4) is 5.75 Å². The Labute approximate surface area is 138 Å². The average Bonchev–Trinajstić information content (AvgIpc) is 2.86. The highest BCUT2D eigenvalue weighted by Crippen LogP contribution is 2.22. The van der Waals surface area contributed by atoms with Gasteiger partial charge in [-0.2, -0.15) is 0 Å². The Hall–Kier alpha value is -3.15. The van der Waals surface area contributed by atoms with Gasteiger partial charge in [-0.3, -0.25) is 19.3 Å². The smallest absolute Gasteiger partial charge is 0.326 e. The molecular weight excluding hydrogens is 310 g/mol. The Morgan fingerprint density at radius 2 is 1.54 bits per heavy atom. The van der Waals surface area contributed by atoms with Crippen molar-refractivity contribution in [3.63, 3.8) is 0 Å². The second kappa shape index (κ2) is 6.54. The molecule has 122 valence electrons. The van der Waals surface area contributed by atoms with Crippen molar-refractivity contribution in [1.82, 2.24) is 4.90 Å². The molecule has 0 aromatic heterocycles. The number of nitrogens with zero attached hydrogens (tertiary/aromatic N) is 1. The fourth-order valence-corrected chi connectivity index (χ4v) is 2.44. The lowest BCUT2D eigenvalue weighted by Gasteiger charge is -2.13. The monoisotopic (exact) mass is 325 g/mol. The van der Waals surface area contributed by atoms with Crippen molar-refractivity contribution in [2.24, 2.45) is 0 Å². The molecule has 0 unspecified atom stereocenters. The van der Waals surface area contributed by atoms with E-state index in [0.29, 0.717) is 16.9 Å². The zero-order chi connectivity index (χ0) is 17.1. The molecule has 0 radical (unpaired) electrons. The fraction of sp³-hybridized carbons (Fsp3) is 0.167. The molecule has 0 atom stereocenters. The molecule has 0 aliphatic carbocycles. The van der Waals surface area contributed by atoms with E-state index >= 15 is 0 Å². The first kappa shape index (κ1) is 15.7. The molecular formula is C18H15NO5. The summed E-state index contributed by atoms with van der Waals surface area (Å²) in [6.07, 6.45) is 0. The Morgan fingerprint density at radius 1 is 0.958 bits per heavy atom. The third kappa shape index (κ3) is 2.99. The molecule has 2 amide bonds. The summed E-state index contributed by atoms with van der Waals surface area (Å²) in [7, 11) is 1.57. The van der Waals surface area contributed by atoms with Crippen LogP contribution in [-0.2, 0) is 16.1 Å². The van der Waals surface area contributed by atoms with E-state index in [9.17, 15) is 14.4 Å². The van der Waals surface area contributed by atoms with Crippen molar-refractivity contribution < 1.29 is 23.9 Å². The largest absolute Gasteiger partial charge is 0.497 e. The van der Waals surface area contributed by atoms with Gasteiger partial charge in [-0.1, -0.05) is 24.3 Å². The molecule has 6 nitrogen and oxygen atoms in total. The molecule has 6 heteroatoms. The van der Waals surface area contributed by atoms with Crippen LogP contribution in [0.4, 0.5) is 0 Å². The van der Waals surface area contributed by atoms with Gasteiger partial charge in [0.1, 0.15) is 18.9 Å². The molecule has 0 spiro atoms. The summed E-state index contributed by atoms with van der Waals surface area (Å²) >= 11 is 0. The van der Waals surface area contributed by atoms with Crippen molar-refractivity contribution >= 4 is 17.8 Å². The minimum atomic E-state index is -0.639. The first-order valence-corrected chi connectivity index (χ1v) is 7.34. The fourth-order valence-electron chi connectivity index (χ4n) is 2.44. The maximum absolute atomic E-state index is 12.2. The number of benzene rings is 2. The highest BCUT2D eigenvalue weighted by molar-refractivity contribution is 6.22. The Kier molecular flexibility index (Phi) is 4.29. The third-order valence-electron chi connectivity index (χ3n) is 3.72. The Bertz CT molecular complexity index is 762. The lowest BCUT2D eigenvalue weighted by Crippen LogP contribution is -2.35. The summed E-state index contributed by atoms with van der Waals surface area (Å²) in [6.45, 7) is -0.339. The summed E-state index contributed by atoms with van der Waals surface area (Å²) < 4.78 is 10.2. The van der Waals surface area contributed by atoms with Crippen LogP contribution in [0.2, 0.25) is 0 Å². The normalized spacial score (nSPS) is 13.0. The summed E-state index contributed by atoms with van der Waals surface area (Å²) in [5.74, 6) is -0.884. The highest BCUT2D eigenvalue weighted by atomic mass is 16.5. The summed E-state index contributed by atoms with van der Waals surface area (Å²) in [6, 6.07) is 13.5. The number of fused-ring (bicyclic) bond motifs is 1. The number of methoxy groups -OCH3 is 1. The molecule has 0 bridgehead atoms. The lowest BCUT2D eigenvalue weighted by atomic mass is 10.1. The van der Waals surface area contributed by atoms with Gasteiger partial charge in [-0.25, -0.2) is 0 Å². The molecule has 1 heterocycles. The molecule has 24 heavy (non-hydrogen) atoms. The van der Waals surface area contributed by atoms with Gasteiger partial charge in [0.2, 0.25) is 0 Å². The minimum absolute atomic E-state index is 0.0615. The summed E-state index contributed by atoms with van der Waals surface area (Å²) in [4.78, 5) is 37.2. The number of esters is 1.